The number of rotatable bonds is 7. The van der Waals surface area contributed by atoms with Crippen molar-refractivity contribution in [1.29, 1.82) is 0 Å². The molecule has 8 heteroatoms. The Labute approximate surface area is 183 Å². The number of methoxy groups -OCH3 is 1. The van der Waals surface area contributed by atoms with Crippen LogP contribution in [0, 0.1) is 0 Å². The highest BCUT2D eigenvalue weighted by Crippen LogP contribution is 2.44. The van der Waals surface area contributed by atoms with Crippen molar-refractivity contribution in [2.75, 3.05) is 20.3 Å². The topological polar surface area (TPSA) is 87.0 Å². The predicted molar refractivity (Wildman–Crippen MR) is 115 cm³/mol. The highest BCUT2D eigenvalue weighted by atomic mass is 35.5. The zero-order valence-corrected chi connectivity index (χ0v) is 17.5. The van der Waals surface area contributed by atoms with Gasteiger partial charge in [0.05, 0.1) is 17.3 Å². The molecule has 0 amide bonds. The number of aromatic carboxylic acids is 1. The summed E-state index contributed by atoms with van der Waals surface area (Å²) in [5, 5.41) is 9.78. The van der Waals surface area contributed by atoms with Crippen LogP contribution < -0.4 is 14.9 Å². The summed E-state index contributed by atoms with van der Waals surface area (Å²) in [5.41, 5.74) is 0.968. The quantitative estimate of drug-likeness (QED) is 0.552. The summed E-state index contributed by atoms with van der Waals surface area (Å²) < 4.78 is 18.7. The van der Waals surface area contributed by atoms with Crippen molar-refractivity contribution in [2.24, 2.45) is 0 Å². The summed E-state index contributed by atoms with van der Waals surface area (Å²) in [7, 11) is 1.62. The fourth-order valence-corrected chi connectivity index (χ4v) is 3.69. The van der Waals surface area contributed by atoms with Crippen molar-refractivity contribution in [2.45, 2.75) is 12.6 Å². The van der Waals surface area contributed by atoms with Crippen LogP contribution in [0.2, 0.25) is 5.02 Å². The lowest BCUT2D eigenvalue weighted by Gasteiger charge is -2.32. The Morgan fingerprint density at radius 2 is 1.97 bits per heavy atom. The maximum atomic E-state index is 12.4. The number of carbonyl (C=O) groups is 1. The molecule has 0 saturated carbocycles. The smallest absolute Gasteiger partial charge is 0.341 e. The van der Waals surface area contributed by atoms with Crippen LogP contribution in [0.3, 0.4) is 0 Å². The van der Waals surface area contributed by atoms with Gasteiger partial charge in [-0.15, -0.1) is 0 Å². The standard InChI is InChI=1S/C23H20ClNO6/c1-29-8-5-9-30-21-12-20-15(10-17(21)24)18-11-19(26)16(23(27)28)13-25(18)22(31-20)14-6-3-2-4-7-14/h2-4,6-7,10-13,22H,5,8-9H2,1H3,(H,27,28)/t22-/m0/s1. The van der Waals surface area contributed by atoms with E-state index in [9.17, 15) is 14.7 Å². The van der Waals surface area contributed by atoms with E-state index in [-0.39, 0.29) is 5.56 Å². The fourth-order valence-electron chi connectivity index (χ4n) is 3.47. The monoisotopic (exact) mass is 441 g/mol. The first-order chi connectivity index (χ1) is 15.0. The molecule has 160 valence electrons. The average molecular weight is 442 g/mol. The van der Waals surface area contributed by atoms with Gasteiger partial charge in [0.25, 0.3) is 0 Å². The Bertz CT molecular complexity index is 1170. The van der Waals surface area contributed by atoms with E-state index in [1.807, 2.05) is 30.3 Å². The van der Waals surface area contributed by atoms with Gasteiger partial charge in [-0.25, -0.2) is 4.79 Å². The van der Waals surface area contributed by atoms with Crippen LogP contribution in [0.4, 0.5) is 0 Å². The number of carboxylic acids is 1. The lowest BCUT2D eigenvalue weighted by atomic mass is 10.0. The Kier molecular flexibility index (Phi) is 5.97. The van der Waals surface area contributed by atoms with Gasteiger partial charge in [-0.1, -0.05) is 41.9 Å². The first-order valence-corrected chi connectivity index (χ1v) is 10.0. The molecule has 1 aliphatic rings. The van der Waals surface area contributed by atoms with E-state index in [1.165, 1.54) is 12.3 Å². The second-order valence-electron chi connectivity index (χ2n) is 7.00. The molecule has 4 rings (SSSR count). The number of fused-ring (bicyclic) bond motifs is 3. The summed E-state index contributed by atoms with van der Waals surface area (Å²) in [6.07, 6.45) is 1.35. The van der Waals surface area contributed by atoms with E-state index in [4.69, 9.17) is 25.8 Å². The van der Waals surface area contributed by atoms with Crippen molar-refractivity contribution in [1.82, 2.24) is 4.57 Å². The molecule has 1 aromatic heterocycles. The maximum absolute atomic E-state index is 12.4. The normalized spacial score (nSPS) is 14.3. The number of hydrogen-bond donors (Lipinski definition) is 1. The average Bonchev–Trinajstić information content (AvgIpc) is 2.76. The Morgan fingerprint density at radius 3 is 2.68 bits per heavy atom. The zero-order chi connectivity index (χ0) is 22.0. The first-order valence-electron chi connectivity index (χ1n) is 9.66. The third kappa shape index (κ3) is 4.15. The van der Waals surface area contributed by atoms with Crippen LogP contribution in [0.1, 0.15) is 28.6 Å². The number of nitrogens with zero attached hydrogens (tertiary/aromatic N) is 1. The Hall–Kier alpha value is -3.29. The van der Waals surface area contributed by atoms with Gasteiger partial charge < -0.3 is 23.9 Å². The van der Waals surface area contributed by atoms with Crippen molar-refractivity contribution < 1.29 is 24.1 Å². The van der Waals surface area contributed by atoms with Gasteiger partial charge >= 0.3 is 5.97 Å². The largest absolute Gasteiger partial charge is 0.492 e. The van der Waals surface area contributed by atoms with Crippen LogP contribution in [0.25, 0.3) is 11.3 Å². The number of halogens is 1. The van der Waals surface area contributed by atoms with Gasteiger partial charge in [0.1, 0.15) is 17.1 Å². The molecule has 0 radical (unpaired) electrons. The molecule has 7 nitrogen and oxygen atoms in total. The summed E-state index contributed by atoms with van der Waals surface area (Å²) in [6.45, 7) is 0.990. The van der Waals surface area contributed by atoms with Crippen LogP contribution in [0.15, 0.2) is 59.5 Å². The van der Waals surface area contributed by atoms with Gasteiger partial charge in [-0.3, -0.25) is 4.79 Å². The molecule has 3 aromatic rings. The van der Waals surface area contributed by atoms with Crippen LogP contribution in [-0.2, 0) is 4.74 Å². The number of aromatic nitrogens is 1. The minimum atomic E-state index is -1.30. The predicted octanol–water partition coefficient (Wildman–Crippen LogP) is 4.22. The van der Waals surface area contributed by atoms with Crippen molar-refractivity contribution in [3.05, 3.63) is 81.1 Å². The second kappa shape index (κ2) is 8.83. The summed E-state index contributed by atoms with van der Waals surface area (Å²) in [5.74, 6) is -0.348. The summed E-state index contributed by atoms with van der Waals surface area (Å²) >= 11 is 6.42. The number of carboxylic acid groups (broad SMARTS) is 1. The lowest BCUT2D eigenvalue weighted by molar-refractivity contribution is 0.0693. The number of pyridine rings is 1. The molecule has 0 fully saturated rings. The third-order valence-electron chi connectivity index (χ3n) is 4.95. The molecule has 31 heavy (non-hydrogen) atoms. The molecule has 1 aliphatic heterocycles. The fraction of sp³-hybridized carbons (Fsp3) is 0.217. The van der Waals surface area contributed by atoms with Gasteiger partial charge in [0, 0.05) is 49.6 Å². The molecule has 0 unspecified atom stereocenters. The van der Waals surface area contributed by atoms with Gasteiger partial charge in [0.15, 0.2) is 5.43 Å². The van der Waals surface area contributed by atoms with Crippen molar-refractivity contribution >= 4 is 17.6 Å². The van der Waals surface area contributed by atoms with E-state index >= 15 is 0 Å². The Balaban J connectivity index is 1.83. The second-order valence-corrected chi connectivity index (χ2v) is 7.41. The minimum Gasteiger partial charge on any atom is -0.492 e. The van der Waals surface area contributed by atoms with E-state index in [2.05, 4.69) is 0 Å². The number of benzene rings is 2. The maximum Gasteiger partial charge on any atom is 0.341 e. The Morgan fingerprint density at radius 1 is 1.19 bits per heavy atom. The third-order valence-corrected chi connectivity index (χ3v) is 5.24. The lowest BCUT2D eigenvalue weighted by Crippen LogP contribution is -2.27. The molecule has 0 saturated heterocycles. The van der Waals surface area contributed by atoms with E-state index in [0.29, 0.717) is 47.4 Å². The molecule has 1 atom stereocenters. The van der Waals surface area contributed by atoms with E-state index in [1.54, 1.807) is 23.8 Å². The summed E-state index contributed by atoms with van der Waals surface area (Å²) in [6, 6.07) is 14.0. The summed E-state index contributed by atoms with van der Waals surface area (Å²) in [4.78, 5) is 24.0. The highest BCUT2D eigenvalue weighted by molar-refractivity contribution is 6.32. The van der Waals surface area contributed by atoms with Crippen molar-refractivity contribution in [3.63, 3.8) is 0 Å². The highest BCUT2D eigenvalue weighted by Gasteiger charge is 2.29. The molecule has 0 bridgehead atoms. The van der Waals surface area contributed by atoms with Crippen LogP contribution in [-0.4, -0.2) is 36.0 Å². The molecular weight excluding hydrogens is 422 g/mol. The minimum absolute atomic E-state index is 0.332. The van der Waals surface area contributed by atoms with Crippen LogP contribution >= 0.6 is 11.6 Å². The number of ether oxygens (including phenoxy) is 3. The number of hydrogen-bond acceptors (Lipinski definition) is 5. The molecule has 0 spiro atoms. The molecule has 2 heterocycles. The van der Waals surface area contributed by atoms with Crippen LogP contribution in [0.5, 0.6) is 11.5 Å². The van der Waals surface area contributed by atoms with E-state index < -0.39 is 17.6 Å². The molecule has 2 aromatic carbocycles. The van der Waals surface area contributed by atoms with Gasteiger partial charge in [-0.2, -0.15) is 0 Å². The van der Waals surface area contributed by atoms with Gasteiger partial charge in [0.2, 0.25) is 6.23 Å². The molecular formula is C23H20ClNO6. The SMILES string of the molecule is COCCCOc1cc2c(cc1Cl)-c1cc(=O)c(C(=O)O)cn1[C@H](c1ccccc1)O2. The molecule has 1 N–H and O–H groups in total. The first kappa shape index (κ1) is 21.0. The van der Waals surface area contributed by atoms with Crippen molar-refractivity contribution in [3.8, 4) is 22.8 Å². The molecule has 0 aliphatic carbocycles. The van der Waals surface area contributed by atoms with E-state index in [0.717, 1.165) is 5.56 Å². The van der Waals surface area contributed by atoms with Gasteiger partial charge in [-0.05, 0) is 6.07 Å². The zero-order valence-electron chi connectivity index (χ0n) is 16.7.